The summed E-state index contributed by atoms with van der Waals surface area (Å²) in [6.07, 6.45) is 6.52. The van der Waals surface area contributed by atoms with Crippen molar-refractivity contribution in [1.29, 1.82) is 0 Å². The molecule has 3 aromatic carbocycles. The monoisotopic (exact) mass is 736 g/mol. The van der Waals surface area contributed by atoms with Gasteiger partial charge in [0, 0.05) is 30.7 Å². The van der Waals surface area contributed by atoms with Crippen molar-refractivity contribution in [3.8, 4) is 23.0 Å². The van der Waals surface area contributed by atoms with E-state index in [1.807, 2.05) is 56.6 Å². The fraction of sp³-hybridized carbons (Fsp3) is 0.366. The third-order valence-electron chi connectivity index (χ3n) is 9.95. The lowest BCUT2D eigenvalue weighted by Crippen LogP contribution is -2.50. The number of hydrogen-bond donors (Lipinski definition) is 1. The second-order valence-corrected chi connectivity index (χ2v) is 13.8. The second kappa shape index (κ2) is 15.7. The largest absolute Gasteiger partial charge is 0.493 e. The van der Waals surface area contributed by atoms with Gasteiger partial charge in [-0.25, -0.2) is 9.69 Å². The van der Waals surface area contributed by atoms with E-state index in [0.717, 1.165) is 34.5 Å². The van der Waals surface area contributed by atoms with Gasteiger partial charge in [0.1, 0.15) is 6.61 Å². The van der Waals surface area contributed by atoms with Crippen LogP contribution >= 0.6 is 0 Å². The second-order valence-electron chi connectivity index (χ2n) is 13.8. The molecule has 0 spiro atoms. The van der Waals surface area contributed by atoms with E-state index in [0.29, 0.717) is 66.7 Å². The van der Waals surface area contributed by atoms with Crippen LogP contribution in [0.25, 0.3) is 0 Å². The van der Waals surface area contributed by atoms with Gasteiger partial charge in [-0.1, -0.05) is 41.5 Å². The molecule has 0 saturated heterocycles. The summed E-state index contributed by atoms with van der Waals surface area (Å²) in [6, 6.07) is 15.0. The van der Waals surface area contributed by atoms with Gasteiger partial charge in [0.2, 0.25) is 0 Å². The number of benzene rings is 3. The minimum absolute atomic E-state index is 0.00929. The number of carbonyl (C=O) groups is 3. The highest BCUT2D eigenvalue weighted by atomic mass is 16.6. The normalized spacial score (nSPS) is 19.9. The number of aliphatic hydroxyl groups excluding tert-OH is 1. The first kappa shape index (κ1) is 36.5. The Bertz CT molecular complexity index is 2030. The predicted molar refractivity (Wildman–Crippen MR) is 201 cm³/mol. The van der Waals surface area contributed by atoms with Crippen LogP contribution in [0.5, 0.6) is 23.0 Å². The molecule has 1 N–H and O–H groups in total. The summed E-state index contributed by atoms with van der Waals surface area (Å²) in [5.74, 6) is 1.12. The van der Waals surface area contributed by atoms with Crippen LogP contribution < -0.4 is 23.8 Å². The number of amides is 3. The first-order valence-corrected chi connectivity index (χ1v) is 18.1. The number of rotatable bonds is 12. The number of methoxy groups -OCH3 is 2. The van der Waals surface area contributed by atoms with Crippen LogP contribution in [0, 0.1) is 0 Å². The Morgan fingerprint density at radius 2 is 1.43 bits per heavy atom. The van der Waals surface area contributed by atoms with Crippen molar-refractivity contribution in [2.45, 2.75) is 70.9 Å². The lowest BCUT2D eigenvalue weighted by Gasteiger charge is -2.31. The van der Waals surface area contributed by atoms with E-state index >= 15 is 0 Å². The maximum Gasteiger partial charge on any atom is 0.416 e. The fourth-order valence-electron chi connectivity index (χ4n) is 7.21. The van der Waals surface area contributed by atoms with Gasteiger partial charge in [0.15, 0.2) is 29.2 Å². The van der Waals surface area contributed by atoms with Crippen LogP contribution in [-0.2, 0) is 11.3 Å². The molecule has 0 aromatic heterocycles. The van der Waals surface area contributed by atoms with E-state index in [4.69, 9.17) is 23.7 Å². The van der Waals surface area contributed by atoms with E-state index < -0.39 is 18.4 Å². The van der Waals surface area contributed by atoms with Crippen molar-refractivity contribution >= 4 is 35.5 Å². The van der Waals surface area contributed by atoms with Crippen molar-refractivity contribution in [1.82, 2.24) is 9.80 Å². The van der Waals surface area contributed by atoms with Crippen molar-refractivity contribution in [2.24, 2.45) is 4.99 Å². The van der Waals surface area contributed by atoms with Crippen molar-refractivity contribution < 1.29 is 43.2 Å². The molecule has 0 radical (unpaired) electrons. The number of carbonyl (C=O) groups excluding carboxylic acids is 3. The molecule has 3 amide bonds. The molecule has 3 unspecified atom stereocenters. The Balaban J connectivity index is 1.00. The summed E-state index contributed by atoms with van der Waals surface area (Å²) in [4.78, 5) is 49.7. The molecule has 4 aliphatic rings. The summed E-state index contributed by atoms with van der Waals surface area (Å²) in [6.45, 7) is 4.58. The van der Waals surface area contributed by atoms with Gasteiger partial charge < -0.3 is 38.6 Å². The lowest BCUT2D eigenvalue weighted by atomic mass is 10.1. The Labute approximate surface area is 314 Å². The minimum atomic E-state index is -1.38. The van der Waals surface area contributed by atoms with E-state index in [2.05, 4.69) is 4.99 Å². The molecule has 0 fully saturated rings. The molecule has 0 aliphatic carbocycles. The summed E-state index contributed by atoms with van der Waals surface area (Å²) < 4.78 is 29.1. The molecule has 54 heavy (non-hydrogen) atoms. The molecule has 4 heterocycles. The van der Waals surface area contributed by atoms with Crippen LogP contribution in [-0.4, -0.2) is 84.8 Å². The third kappa shape index (κ3) is 7.23. The summed E-state index contributed by atoms with van der Waals surface area (Å²) >= 11 is 0. The molecule has 13 heteroatoms. The number of fused-ring (bicyclic) bond motifs is 4. The van der Waals surface area contributed by atoms with Crippen LogP contribution in [0.1, 0.15) is 72.2 Å². The number of ether oxygens (including phenoxy) is 5. The molecule has 13 nitrogen and oxygen atoms in total. The highest BCUT2D eigenvalue weighted by molar-refractivity contribution is 6.06. The molecular formula is C41H44N4O9. The van der Waals surface area contributed by atoms with Gasteiger partial charge in [-0.05, 0) is 63.6 Å². The van der Waals surface area contributed by atoms with Crippen molar-refractivity contribution in [3.05, 3.63) is 94.8 Å². The van der Waals surface area contributed by atoms with Gasteiger partial charge >= 0.3 is 6.09 Å². The summed E-state index contributed by atoms with van der Waals surface area (Å²) in [7, 11) is 3.02. The highest BCUT2D eigenvalue weighted by Crippen LogP contribution is 2.42. The van der Waals surface area contributed by atoms with Crippen LogP contribution in [0.4, 0.5) is 16.2 Å². The molecule has 4 aliphatic heterocycles. The SMILES string of the molecule is COc1cc2c(cc1OCCCCCOc1cc3c(cc1OC)C(=O)N1C=C(C)CC1C(O)N3C(=O)OCc1ccccc1)N=CC1CC(C)=CN1C2=O. The summed E-state index contributed by atoms with van der Waals surface area (Å²) in [5.41, 5.74) is 4.18. The summed E-state index contributed by atoms with van der Waals surface area (Å²) in [5, 5.41) is 11.6. The number of nitrogens with zero attached hydrogens (tertiary/aromatic N) is 4. The van der Waals surface area contributed by atoms with Gasteiger partial charge in [-0.3, -0.25) is 14.6 Å². The standard InChI is InChI=1S/C41H44N4O9/c1-25-15-28-21-42-31-19-36(34(50-3)17-29(31)38(46)43(28)22-25)52-13-9-6-10-14-53-37-20-32-30(18-35(37)51-4)39(47)44-23-26(2)16-33(44)40(48)45(32)41(49)54-24-27-11-7-5-8-12-27/h5,7-8,11-12,17-23,28,33,40,48H,6,9-10,13-16,24H2,1-4H3. The van der Waals surface area contributed by atoms with Gasteiger partial charge in [-0.15, -0.1) is 0 Å². The molecule has 0 bridgehead atoms. The zero-order chi connectivity index (χ0) is 37.9. The Morgan fingerprint density at radius 3 is 2.13 bits per heavy atom. The molecule has 282 valence electrons. The molecule has 3 aromatic rings. The number of unbranched alkanes of at least 4 members (excludes halogenated alkanes) is 2. The topological polar surface area (TPSA) is 140 Å². The quantitative estimate of drug-likeness (QED) is 0.200. The molecular weight excluding hydrogens is 692 g/mol. The first-order chi connectivity index (χ1) is 26.2. The smallest absolute Gasteiger partial charge is 0.416 e. The molecule has 3 atom stereocenters. The van der Waals surface area contributed by atoms with Crippen molar-refractivity contribution in [2.75, 3.05) is 32.3 Å². The zero-order valence-electron chi connectivity index (χ0n) is 30.8. The number of aliphatic imine (C=N–C) groups is 1. The predicted octanol–water partition coefficient (Wildman–Crippen LogP) is 6.76. The zero-order valence-corrected chi connectivity index (χ0v) is 30.8. The van der Waals surface area contributed by atoms with Gasteiger partial charge in [0.25, 0.3) is 11.8 Å². The Hall–Kier alpha value is -5.82. The van der Waals surface area contributed by atoms with Crippen LogP contribution in [0.15, 0.2) is 83.1 Å². The lowest BCUT2D eigenvalue weighted by molar-refractivity contribution is 0.0544. The van der Waals surface area contributed by atoms with E-state index in [-0.39, 0.29) is 35.7 Å². The van der Waals surface area contributed by atoms with Crippen molar-refractivity contribution in [3.63, 3.8) is 0 Å². The fourth-order valence-corrected chi connectivity index (χ4v) is 7.21. The Morgan fingerprint density at radius 1 is 0.796 bits per heavy atom. The van der Waals surface area contributed by atoms with E-state index in [9.17, 15) is 19.5 Å². The van der Waals surface area contributed by atoms with Crippen LogP contribution in [0.2, 0.25) is 0 Å². The van der Waals surface area contributed by atoms with E-state index in [1.54, 1.807) is 42.5 Å². The average Bonchev–Trinajstić information content (AvgIpc) is 3.72. The number of hydrogen-bond acceptors (Lipinski definition) is 10. The maximum atomic E-state index is 13.8. The number of anilines is 1. The van der Waals surface area contributed by atoms with Crippen LogP contribution in [0.3, 0.4) is 0 Å². The van der Waals surface area contributed by atoms with Gasteiger partial charge in [-0.2, -0.15) is 0 Å². The average molecular weight is 737 g/mol. The molecule has 0 saturated carbocycles. The first-order valence-electron chi connectivity index (χ1n) is 18.1. The third-order valence-corrected chi connectivity index (χ3v) is 9.95. The Kier molecular flexibility index (Phi) is 10.6. The minimum Gasteiger partial charge on any atom is -0.493 e. The molecule has 7 rings (SSSR count). The number of aliphatic hydroxyl groups is 1. The maximum absolute atomic E-state index is 13.8. The van der Waals surface area contributed by atoms with E-state index in [1.165, 1.54) is 12.0 Å². The van der Waals surface area contributed by atoms with Gasteiger partial charge in [0.05, 0.1) is 62.0 Å². The highest BCUT2D eigenvalue weighted by Gasteiger charge is 2.45.